The Kier molecular flexibility index (Phi) is 4.26. The zero-order valence-corrected chi connectivity index (χ0v) is 11.0. The molecule has 94 valence electrons. The van der Waals surface area contributed by atoms with Crippen molar-refractivity contribution < 1.29 is 9.47 Å². The number of hydrogen-bond acceptors (Lipinski definition) is 3. The number of benzene rings is 1. The summed E-state index contributed by atoms with van der Waals surface area (Å²) in [5.74, 6) is 0.738. The first-order valence-corrected chi connectivity index (χ1v) is 6.37. The lowest BCUT2D eigenvalue weighted by molar-refractivity contribution is 0.00755. The first kappa shape index (κ1) is 12.7. The lowest BCUT2D eigenvalue weighted by Crippen LogP contribution is -2.40. The quantitative estimate of drug-likeness (QED) is 0.901. The third-order valence-electron chi connectivity index (χ3n) is 2.93. The molecule has 1 heterocycles. The average molecular weight is 256 g/mol. The summed E-state index contributed by atoms with van der Waals surface area (Å²) < 4.78 is 11.0. The lowest BCUT2D eigenvalue weighted by Gasteiger charge is -2.30. The van der Waals surface area contributed by atoms with Crippen molar-refractivity contribution in [1.29, 1.82) is 0 Å². The minimum Gasteiger partial charge on any atom is -0.492 e. The van der Waals surface area contributed by atoms with Crippen molar-refractivity contribution in [3.05, 3.63) is 28.8 Å². The van der Waals surface area contributed by atoms with Gasteiger partial charge in [-0.05, 0) is 31.5 Å². The van der Waals surface area contributed by atoms with Crippen molar-refractivity contribution in [3.63, 3.8) is 0 Å². The van der Waals surface area contributed by atoms with Gasteiger partial charge < -0.3 is 14.8 Å². The SMILES string of the molecule is CCOc1ccc(C2NCCOC2C)cc1Cl. The minimum absolute atomic E-state index is 0.165. The monoisotopic (exact) mass is 255 g/mol. The van der Waals surface area contributed by atoms with Crippen LogP contribution in [-0.4, -0.2) is 25.9 Å². The molecule has 0 saturated carbocycles. The standard InChI is InChI=1S/C13H18ClNO2/c1-3-16-12-5-4-10(8-11(12)14)13-9(2)17-7-6-15-13/h4-5,8-9,13,15H,3,6-7H2,1-2H3. The molecule has 0 radical (unpaired) electrons. The molecule has 1 N–H and O–H groups in total. The van der Waals surface area contributed by atoms with Crippen molar-refractivity contribution in [2.45, 2.75) is 26.0 Å². The molecule has 17 heavy (non-hydrogen) atoms. The number of morpholine rings is 1. The second kappa shape index (κ2) is 5.71. The molecule has 1 aliphatic rings. The fourth-order valence-corrected chi connectivity index (χ4v) is 2.34. The maximum atomic E-state index is 6.18. The maximum absolute atomic E-state index is 6.18. The van der Waals surface area contributed by atoms with Crippen LogP contribution in [0.1, 0.15) is 25.5 Å². The Hall–Kier alpha value is -0.770. The summed E-state index contributed by atoms with van der Waals surface area (Å²) >= 11 is 6.18. The first-order valence-electron chi connectivity index (χ1n) is 5.99. The normalized spacial score (nSPS) is 24.6. The molecule has 0 bridgehead atoms. The van der Waals surface area contributed by atoms with Gasteiger partial charge in [-0.25, -0.2) is 0 Å². The minimum atomic E-state index is 0.165. The van der Waals surface area contributed by atoms with E-state index in [0.717, 1.165) is 24.5 Å². The smallest absolute Gasteiger partial charge is 0.137 e. The molecule has 0 aliphatic carbocycles. The third-order valence-corrected chi connectivity index (χ3v) is 3.23. The van der Waals surface area contributed by atoms with Crippen LogP contribution in [0.4, 0.5) is 0 Å². The number of halogens is 1. The lowest BCUT2D eigenvalue weighted by atomic mass is 10.0. The van der Waals surface area contributed by atoms with Gasteiger partial charge in [0.2, 0.25) is 0 Å². The molecule has 1 aromatic carbocycles. The predicted molar refractivity (Wildman–Crippen MR) is 68.8 cm³/mol. The highest BCUT2D eigenvalue weighted by atomic mass is 35.5. The van der Waals surface area contributed by atoms with E-state index >= 15 is 0 Å². The van der Waals surface area contributed by atoms with E-state index in [9.17, 15) is 0 Å². The molecule has 1 saturated heterocycles. The third kappa shape index (κ3) is 2.92. The molecule has 0 spiro atoms. The zero-order chi connectivity index (χ0) is 12.3. The largest absolute Gasteiger partial charge is 0.492 e. The average Bonchev–Trinajstić information content (AvgIpc) is 2.33. The van der Waals surface area contributed by atoms with Crippen molar-refractivity contribution in [3.8, 4) is 5.75 Å². The Morgan fingerprint density at radius 2 is 2.35 bits per heavy atom. The van der Waals surface area contributed by atoms with Crippen LogP contribution in [0, 0.1) is 0 Å². The van der Waals surface area contributed by atoms with E-state index < -0.39 is 0 Å². The van der Waals surface area contributed by atoms with E-state index in [1.165, 1.54) is 0 Å². The van der Waals surface area contributed by atoms with Crippen LogP contribution in [0.3, 0.4) is 0 Å². The molecule has 0 aromatic heterocycles. The summed E-state index contributed by atoms with van der Waals surface area (Å²) in [4.78, 5) is 0. The van der Waals surface area contributed by atoms with Crippen LogP contribution < -0.4 is 10.1 Å². The molecule has 2 rings (SSSR count). The van der Waals surface area contributed by atoms with Gasteiger partial charge in [-0.15, -0.1) is 0 Å². The van der Waals surface area contributed by atoms with Crippen molar-refractivity contribution in [2.24, 2.45) is 0 Å². The van der Waals surface area contributed by atoms with Crippen LogP contribution in [0.25, 0.3) is 0 Å². The van der Waals surface area contributed by atoms with E-state index in [2.05, 4.69) is 12.2 Å². The molecule has 2 atom stereocenters. The summed E-state index contributed by atoms with van der Waals surface area (Å²) in [5, 5.41) is 4.10. The van der Waals surface area contributed by atoms with Gasteiger partial charge >= 0.3 is 0 Å². The van der Waals surface area contributed by atoms with Gasteiger partial charge in [0.15, 0.2) is 0 Å². The van der Waals surface area contributed by atoms with E-state index in [-0.39, 0.29) is 12.1 Å². The summed E-state index contributed by atoms with van der Waals surface area (Å²) in [6.45, 7) is 6.28. The van der Waals surface area contributed by atoms with Gasteiger partial charge in [0, 0.05) is 6.54 Å². The number of nitrogens with one attached hydrogen (secondary N) is 1. The maximum Gasteiger partial charge on any atom is 0.137 e. The molecule has 1 aromatic rings. The molecular formula is C13H18ClNO2. The van der Waals surface area contributed by atoms with E-state index in [4.69, 9.17) is 21.1 Å². The highest BCUT2D eigenvalue weighted by Crippen LogP contribution is 2.30. The summed E-state index contributed by atoms with van der Waals surface area (Å²) in [7, 11) is 0. The molecule has 4 heteroatoms. The summed E-state index contributed by atoms with van der Waals surface area (Å²) in [5.41, 5.74) is 1.14. The van der Waals surface area contributed by atoms with E-state index in [1.807, 2.05) is 25.1 Å². The predicted octanol–water partition coefficient (Wildman–Crippen LogP) is 2.79. The Morgan fingerprint density at radius 3 is 3.00 bits per heavy atom. The molecule has 0 amide bonds. The second-order valence-electron chi connectivity index (χ2n) is 4.13. The molecule has 1 aliphatic heterocycles. The Morgan fingerprint density at radius 1 is 1.53 bits per heavy atom. The van der Waals surface area contributed by atoms with Crippen LogP contribution in [0.15, 0.2) is 18.2 Å². The van der Waals surface area contributed by atoms with Gasteiger partial charge in [-0.1, -0.05) is 17.7 Å². The van der Waals surface area contributed by atoms with Gasteiger partial charge in [-0.3, -0.25) is 0 Å². The molecular weight excluding hydrogens is 238 g/mol. The molecule has 1 fully saturated rings. The second-order valence-corrected chi connectivity index (χ2v) is 4.54. The molecule has 3 nitrogen and oxygen atoms in total. The number of hydrogen-bond donors (Lipinski definition) is 1. The number of rotatable bonds is 3. The fraction of sp³-hybridized carbons (Fsp3) is 0.538. The fourth-order valence-electron chi connectivity index (χ4n) is 2.09. The first-order chi connectivity index (χ1) is 8.22. The Bertz CT molecular complexity index is 384. The topological polar surface area (TPSA) is 30.5 Å². The van der Waals surface area contributed by atoms with Gasteiger partial charge in [-0.2, -0.15) is 0 Å². The van der Waals surface area contributed by atoms with Crippen molar-refractivity contribution in [1.82, 2.24) is 5.32 Å². The van der Waals surface area contributed by atoms with E-state index in [0.29, 0.717) is 11.6 Å². The highest BCUT2D eigenvalue weighted by Gasteiger charge is 2.23. The van der Waals surface area contributed by atoms with Crippen LogP contribution in [0.5, 0.6) is 5.75 Å². The van der Waals surface area contributed by atoms with Gasteiger partial charge in [0.05, 0.1) is 30.4 Å². The van der Waals surface area contributed by atoms with Crippen LogP contribution in [0.2, 0.25) is 5.02 Å². The van der Waals surface area contributed by atoms with Crippen LogP contribution in [-0.2, 0) is 4.74 Å². The van der Waals surface area contributed by atoms with Crippen LogP contribution >= 0.6 is 11.6 Å². The van der Waals surface area contributed by atoms with Gasteiger partial charge in [0.25, 0.3) is 0 Å². The van der Waals surface area contributed by atoms with Gasteiger partial charge in [0.1, 0.15) is 5.75 Å². The number of ether oxygens (including phenoxy) is 2. The Labute approximate surface area is 107 Å². The Balaban J connectivity index is 2.18. The zero-order valence-electron chi connectivity index (χ0n) is 10.2. The highest BCUT2D eigenvalue weighted by molar-refractivity contribution is 6.32. The van der Waals surface area contributed by atoms with E-state index in [1.54, 1.807) is 0 Å². The van der Waals surface area contributed by atoms with Crippen molar-refractivity contribution >= 4 is 11.6 Å². The van der Waals surface area contributed by atoms with Crippen molar-refractivity contribution in [2.75, 3.05) is 19.8 Å². The summed E-state index contributed by atoms with van der Waals surface area (Å²) in [6, 6.07) is 6.12. The summed E-state index contributed by atoms with van der Waals surface area (Å²) in [6.07, 6.45) is 0.165. The molecule has 2 unspecified atom stereocenters.